The summed E-state index contributed by atoms with van der Waals surface area (Å²) < 4.78 is 15.5. The summed E-state index contributed by atoms with van der Waals surface area (Å²) in [5.41, 5.74) is 15.1. The van der Waals surface area contributed by atoms with E-state index in [0.717, 1.165) is 54.9 Å². The van der Waals surface area contributed by atoms with Gasteiger partial charge in [-0.25, -0.2) is 19.9 Å². The number of H-pyrrole nitrogens is 1. The minimum absolute atomic E-state index is 0. The number of carbonyl (C=O) groups excluding carboxylic acids is 1. The molecule has 0 radical (unpaired) electrons. The van der Waals surface area contributed by atoms with Crippen LogP contribution >= 0.6 is 34.0 Å². The number of aromatic nitrogens is 9. The van der Waals surface area contributed by atoms with Crippen LogP contribution in [0.1, 0.15) is 386 Å². The number of nitrogens with zero attached hydrogens (tertiary/aromatic N) is 8. The first kappa shape index (κ1) is 149. The summed E-state index contributed by atoms with van der Waals surface area (Å²) >= 11 is 5.25. The number of hydrogen-bond donors (Lipinski definition) is 1. The number of para-hydroxylation sites is 1. The van der Waals surface area contributed by atoms with Crippen molar-refractivity contribution in [3.8, 4) is 5.75 Å². The van der Waals surface area contributed by atoms with Crippen LogP contribution in [-0.4, -0.2) is 57.4 Å². The van der Waals surface area contributed by atoms with Crippen LogP contribution < -0.4 is 4.74 Å². The molecule has 1 N–H and O–H groups in total. The Kier molecular flexibility index (Phi) is 151. The molecule has 9 heterocycles. The number of aromatic amines is 1. The minimum Gasteiger partial charge on any atom is -0.497 e. The van der Waals surface area contributed by atoms with E-state index in [1.54, 1.807) is 54.4 Å². The summed E-state index contributed by atoms with van der Waals surface area (Å²) in [5.74, 6) is 2.13. The van der Waals surface area contributed by atoms with E-state index in [1.165, 1.54) is 143 Å². The van der Waals surface area contributed by atoms with Crippen molar-refractivity contribution >= 4 is 60.1 Å². The molecule has 0 saturated carbocycles. The molecule has 0 bridgehead atoms. The average molecular weight is 1770 g/mol. The molecule has 5 aromatic carbocycles. The van der Waals surface area contributed by atoms with Gasteiger partial charge in [0.25, 0.3) is 0 Å². The number of rotatable bonds is 3. The molecule has 12 nitrogen and oxygen atoms in total. The Morgan fingerprint density at radius 3 is 1.20 bits per heavy atom. The Morgan fingerprint density at radius 1 is 0.398 bits per heavy atom. The van der Waals surface area contributed by atoms with E-state index in [1.807, 2.05) is 332 Å². The lowest BCUT2D eigenvalue weighted by molar-refractivity contribution is 0.101. The monoisotopic (exact) mass is 1770 g/mol. The van der Waals surface area contributed by atoms with E-state index < -0.39 is 0 Å². The van der Waals surface area contributed by atoms with Crippen molar-refractivity contribution < 1.29 is 13.9 Å². The molecule has 0 fully saturated rings. The summed E-state index contributed by atoms with van der Waals surface area (Å²) in [7, 11) is 1.66. The largest absolute Gasteiger partial charge is 0.497 e. The number of benzene rings is 5. The predicted octanol–water partition coefficient (Wildman–Crippen LogP) is 37.4. The number of nitrogens with one attached hydrogen (secondary N) is 1. The molecule has 712 valence electrons. The number of fused-ring (bicyclic) bond motifs is 7. The molecule has 0 unspecified atom stereocenters. The van der Waals surface area contributed by atoms with Gasteiger partial charge in [-0.15, -0.1) is 34.0 Å². The summed E-state index contributed by atoms with van der Waals surface area (Å²) in [6.07, 6.45) is 25.5. The topological polar surface area (TPSA) is 142 Å². The Labute approximate surface area is 777 Å². The number of imidazole rings is 1. The number of thiophene rings is 1. The lowest BCUT2D eigenvalue weighted by Gasteiger charge is -2.11. The fraction of sp³-hybridized carbons (Fsp3) is 0.546. The third kappa shape index (κ3) is 73.9. The lowest BCUT2D eigenvalue weighted by Crippen LogP contribution is -2.10. The zero-order valence-electron chi connectivity index (χ0n) is 82.6. The second kappa shape index (κ2) is 125. The maximum Gasteiger partial charge on any atom is 0.181 e. The number of thiazole rings is 2. The highest BCUT2D eigenvalue weighted by atomic mass is 32.2. The maximum absolute atomic E-state index is 10.6. The Morgan fingerprint density at radius 2 is 0.805 bits per heavy atom. The highest BCUT2D eigenvalue weighted by Crippen LogP contribution is 2.25. The molecular weight excluding hydrogens is 1570 g/mol. The SMILES string of the molecule is C.C.C.C.C.CC.CC.CC.CC.CC.CC.CC.CC.CC.CC.CC.CC.CC.CC.CC.CC.CC.CC(=O)c1ccccc1.CCc1ccccc1.COc1ccccc1.c1cc2n(n1)CCC2.c1cc2n(n1)CCCC2.c1cc2ncsc2s1.c1ccc2ccccc2c1.c1nc2c([nH]1)CCC2.c1nc2c(o1)CCC2.c1nc2c(s1)CCC2. The Hall–Kier alpha value is -8.11. The second-order valence-electron chi connectivity index (χ2n) is 20.1. The number of ketones is 1. The van der Waals surface area contributed by atoms with Crippen molar-refractivity contribution in [2.75, 3.05) is 7.11 Å². The van der Waals surface area contributed by atoms with Gasteiger partial charge in [0, 0.05) is 59.4 Å². The molecule has 17 rings (SSSR count). The first-order valence-electron chi connectivity index (χ1n) is 46.2. The van der Waals surface area contributed by atoms with Crippen molar-refractivity contribution in [3.05, 3.63) is 255 Å². The van der Waals surface area contributed by atoms with Crippen LogP contribution in [0.25, 0.3) is 20.3 Å². The van der Waals surface area contributed by atoms with E-state index >= 15 is 0 Å². The summed E-state index contributed by atoms with van der Waals surface area (Å²) in [5, 5.41) is 13.0. The van der Waals surface area contributed by atoms with E-state index in [2.05, 4.69) is 142 Å². The fourth-order valence-corrected chi connectivity index (χ4v) is 12.1. The van der Waals surface area contributed by atoms with E-state index in [-0.39, 0.29) is 42.9 Å². The standard InChI is InChI=1S/C10H8.C8H8O.C8H10.C7H10N2.C7H8O.2C6H8N2.C6H7NO.C6H7NS.C5H3NS2.17C2H6.5CH4/c1-2-6-10-8-4-3-7-9(10)5-1;1-7(9)8-5-3-2-4-6-8;1-2-8-6-4-3-5-7-8;1-2-6-9-7(3-1)4-5-8-9;1-8-7-5-3-2-4-6-7;1-2-6-3-4-7-8(6)5-1;3*1-2-5-6(3-1)8-4-7-5;1-2-7-5-4(1)6-3-8-5;17*1-2;;;;;/h1-8H;2-6H,1H3;3-7H,2H2,1H3;4-5H,1-3,6H2;2-6H,1H3;3-4H,1-2,5H2;4H,1-3H2,(H,7,8);2*4H,1-3H2;1-3H;17*1-2H3;5*1H4. The molecule has 0 saturated heterocycles. The molecule has 0 amide bonds. The third-order valence-corrected chi connectivity index (χ3v) is 17.1. The van der Waals surface area contributed by atoms with Crippen LogP contribution in [0.15, 0.2) is 204 Å². The van der Waals surface area contributed by atoms with Gasteiger partial charge in [0.1, 0.15) is 15.5 Å². The normalized spacial score (nSPS) is 9.70. The molecule has 123 heavy (non-hydrogen) atoms. The molecule has 2 aliphatic heterocycles. The van der Waals surface area contributed by atoms with E-state index in [4.69, 9.17) is 9.15 Å². The van der Waals surface area contributed by atoms with Crippen LogP contribution in [0.2, 0.25) is 0 Å². The molecule has 0 atom stereocenters. The average Bonchev–Trinajstić information content (AvgIpc) is 1.69. The van der Waals surface area contributed by atoms with Gasteiger partial charge >= 0.3 is 0 Å². The molecule has 5 aliphatic rings. The smallest absolute Gasteiger partial charge is 0.181 e. The second-order valence-corrected chi connectivity index (χ2v) is 23.0. The number of carbonyl (C=O) groups is 1. The molecule has 12 aromatic rings. The minimum atomic E-state index is 0. The van der Waals surface area contributed by atoms with Gasteiger partial charge in [0.2, 0.25) is 0 Å². The molecule has 7 aromatic heterocycles. The van der Waals surface area contributed by atoms with E-state index in [9.17, 15) is 4.79 Å². The lowest BCUT2D eigenvalue weighted by atomic mass is 10.1. The van der Waals surface area contributed by atoms with Gasteiger partial charge in [-0.1, -0.05) is 407 Å². The Bertz CT molecular complexity index is 3270. The molecular formula is C108H199N9O3S3. The summed E-state index contributed by atoms with van der Waals surface area (Å²) in [4.78, 5) is 31.8. The predicted molar refractivity (Wildman–Crippen MR) is 572 cm³/mol. The van der Waals surface area contributed by atoms with Crippen LogP contribution in [0.4, 0.5) is 0 Å². The van der Waals surface area contributed by atoms with Crippen LogP contribution in [0, 0.1) is 0 Å². The van der Waals surface area contributed by atoms with E-state index in [0.29, 0.717) is 0 Å². The van der Waals surface area contributed by atoms with Crippen molar-refractivity contribution in [2.45, 2.75) is 396 Å². The van der Waals surface area contributed by atoms with Crippen LogP contribution in [0.5, 0.6) is 5.75 Å². The highest BCUT2D eigenvalue weighted by Gasteiger charge is 2.15. The van der Waals surface area contributed by atoms with Crippen molar-refractivity contribution in [3.63, 3.8) is 0 Å². The van der Waals surface area contributed by atoms with Gasteiger partial charge in [-0.2, -0.15) is 10.2 Å². The highest BCUT2D eigenvalue weighted by molar-refractivity contribution is 7.36. The number of Topliss-reactive ketones (excluding diaryl/α,β-unsaturated/α-hetero) is 1. The van der Waals surface area contributed by atoms with Crippen molar-refractivity contribution in [1.29, 1.82) is 0 Å². The number of oxazole rings is 1. The Balaban J connectivity index is -0.0000000777. The number of ether oxygens (including phenoxy) is 1. The van der Waals surface area contributed by atoms with Crippen molar-refractivity contribution in [1.82, 2.24) is 44.5 Å². The zero-order chi connectivity index (χ0) is 92.2. The first-order valence-corrected chi connectivity index (χ1v) is 48.8. The molecule has 15 heteroatoms. The number of hydrogen-bond acceptors (Lipinski definition) is 12. The number of methoxy groups -OCH3 is 1. The molecule has 3 aliphatic carbocycles. The number of aryl methyl sites for hydroxylation is 11. The van der Waals surface area contributed by atoms with Gasteiger partial charge in [0.15, 0.2) is 12.2 Å². The maximum atomic E-state index is 10.6. The summed E-state index contributed by atoms with van der Waals surface area (Å²) in [6, 6.07) is 52.3. The van der Waals surface area contributed by atoms with Gasteiger partial charge in [-0.3, -0.25) is 14.2 Å². The quantitative estimate of drug-likeness (QED) is 0.171. The molecule has 0 spiro atoms. The van der Waals surface area contributed by atoms with Gasteiger partial charge < -0.3 is 14.1 Å². The zero-order valence-corrected chi connectivity index (χ0v) is 85.1. The first-order chi connectivity index (χ1) is 58.4. The van der Waals surface area contributed by atoms with Crippen LogP contribution in [0.3, 0.4) is 0 Å². The van der Waals surface area contributed by atoms with Gasteiger partial charge in [-0.05, 0) is 149 Å². The van der Waals surface area contributed by atoms with Crippen molar-refractivity contribution in [2.24, 2.45) is 0 Å². The van der Waals surface area contributed by atoms with Crippen LogP contribution in [-0.2, 0) is 70.9 Å². The third-order valence-electron chi connectivity index (χ3n) is 14.2. The van der Waals surface area contributed by atoms with Gasteiger partial charge in [0.05, 0.1) is 47.1 Å². The fourth-order valence-electron chi connectivity index (χ4n) is 9.65. The summed E-state index contributed by atoms with van der Waals surface area (Å²) in [6.45, 7) is 74.0.